The fourth-order valence-corrected chi connectivity index (χ4v) is 2.42. The third kappa shape index (κ3) is 2.40. The van der Waals surface area contributed by atoms with Crippen molar-refractivity contribution in [2.75, 3.05) is 5.32 Å². The van der Waals surface area contributed by atoms with Crippen LogP contribution in [0.2, 0.25) is 0 Å². The van der Waals surface area contributed by atoms with Gasteiger partial charge in [-0.05, 0) is 42.8 Å². The van der Waals surface area contributed by atoms with Gasteiger partial charge in [0.15, 0.2) is 0 Å². The fourth-order valence-electron chi connectivity index (χ4n) is 2.42. The standard InChI is InChI=1S/C17H15FN2O/c1-11-5-3-4-6-14(11)19-17(21)16-9-12-7-8-13(18)10-15(12)20(16)2/h3-10H,1-2H3,(H,19,21). The molecule has 3 nitrogen and oxygen atoms in total. The average Bonchev–Trinajstić information content (AvgIpc) is 2.79. The Hall–Kier alpha value is -2.62. The number of amides is 1. The summed E-state index contributed by atoms with van der Waals surface area (Å²) in [5, 5.41) is 3.73. The third-order valence-electron chi connectivity index (χ3n) is 3.63. The molecule has 1 heterocycles. The molecule has 21 heavy (non-hydrogen) atoms. The first kappa shape index (κ1) is 13.4. The lowest BCUT2D eigenvalue weighted by Gasteiger charge is -2.08. The second kappa shape index (κ2) is 5.05. The van der Waals surface area contributed by atoms with E-state index in [1.54, 1.807) is 23.7 Å². The molecule has 0 radical (unpaired) electrons. The highest BCUT2D eigenvalue weighted by molar-refractivity contribution is 6.06. The van der Waals surface area contributed by atoms with Gasteiger partial charge in [-0.1, -0.05) is 18.2 Å². The highest BCUT2D eigenvalue weighted by atomic mass is 19.1. The first-order valence-electron chi connectivity index (χ1n) is 6.68. The van der Waals surface area contributed by atoms with Gasteiger partial charge in [0.2, 0.25) is 0 Å². The number of nitrogens with one attached hydrogen (secondary N) is 1. The van der Waals surface area contributed by atoms with Crippen molar-refractivity contribution in [3.05, 3.63) is 65.6 Å². The Morgan fingerprint density at radius 3 is 2.67 bits per heavy atom. The number of carbonyl (C=O) groups excluding carboxylic acids is 1. The number of anilines is 1. The van der Waals surface area contributed by atoms with Gasteiger partial charge in [-0.25, -0.2) is 4.39 Å². The Morgan fingerprint density at radius 2 is 1.90 bits per heavy atom. The number of aryl methyl sites for hydroxylation is 2. The van der Waals surface area contributed by atoms with E-state index in [0.717, 1.165) is 16.6 Å². The lowest BCUT2D eigenvalue weighted by Crippen LogP contribution is -2.16. The van der Waals surface area contributed by atoms with Gasteiger partial charge in [-0.2, -0.15) is 0 Å². The molecule has 1 aromatic heterocycles. The quantitative estimate of drug-likeness (QED) is 0.760. The Morgan fingerprint density at radius 1 is 1.14 bits per heavy atom. The van der Waals surface area contributed by atoms with Crippen molar-refractivity contribution in [1.82, 2.24) is 4.57 Å². The molecule has 0 aliphatic carbocycles. The van der Waals surface area contributed by atoms with Gasteiger partial charge in [0.05, 0.1) is 5.52 Å². The molecule has 1 amide bonds. The number of hydrogen-bond donors (Lipinski definition) is 1. The molecule has 0 atom stereocenters. The van der Waals surface area contributed by atoms with Crippen LogP contribution in [0.5, 0.6) is 0 Å². The predicted octanol–water partition coefficient (Wildman–Crippen LogP) is 3.88. The molecule has 0 saturated carbocycles. The second-order valence-corrected chi connectivity index (χ2v) is 5.06. The number of benzene rings is 2. The number of fused-ring (bicyclic) bond motifs is 1. The van der Waals surface area contributed by atoms with Gasteiger partial charge < -0.3 is 9.88 Å². The molecule has 4 heteroatoms. The Balaban J connectivity index is 1.99. The molecule has 2 aromatic carbocycles. The zero-order valence-corrected chi connectivity index (χ0v) is 11.9. The van der Waals surface area contributed by atoms with Gasteiger partial charge in [-0.15, -0.1) is 0 Å². The summed E-state index contributed by atoms with van der Waals surface area (Å²) in [7, 11) is 1.76. The van der Waals surface area contributed by atoms with E-state index in [2.05, 4.69) is 5.32 Å². The van der Waals surface area contributed by atoms with Gasteiger partial charge >= 0.3 is 0 Å². The summed E-state index contributed by atoms with van der Waals surface area (Å²) in [5.74, 6) is -0.516. The summed E-state index contributed by atoms with van der Waals surface area (Å²) < 4.78 is 15.0. The molecule has 0 bridgehead atoms. The summed E-state index contributed by atoms with van der Waals surface area (Å²) in [6.45, 7) is 1.94. The Labute approximate surface area is 122 Å². The lowest BCUT2D eigenvalue weighted by atomic mass is 10.2. The molecule has 3 aromatic rings. The van der Waals surface area contributed by atoms with Crippen molar-refractivity contribution in [3.8, 4) is 0 Å². The molecule has 0 unspecified atom stereocenters. The number of nitrogens with zero attached hydrogens (tertiary/aromatic N) is 1. The maximum Gasteiger partial charge on any atom is 0.272 e. The molecule has 1 N–H and O–H groups in total. The van der Waals surface area contributed by atoms with Crippen LogP contribution in [0.1, 0.15) is 16.1 Å². The summed E-state index contributed by atoms with van der Waals surface area (Å²) in [6, 6.07) is 13.9. The third-order valence-corrected chi connectivity index (χ3v) is 3.63. The van der Waals surface area contributed by atoms with Crippen LogP contribution < -0.4 is 5.32 Å². The van der Waals surface area contributed by atoms with E-state index in [-0.39, 0.29) is 11.7 Å². The minimum Gasteiger partial charge on any atom is -0.340 e. The van der Waals surface area contributed by atoms with Crippen molar-refractivity contribution in [2.24, 2.45) is 7.05 Å². The molecule has 0 saturated heterocycles. The Bertz CT molecular complexity index is 836. The number of rotatable bonds is 2. The smallest absolute Gasteiger partial charge is 0.272 e. The molecule has 0 aliphatic heterocycles. The van der Waals surface area contributed by atoms with Crippen LogP contribution in [0.4, 0.5) is 10.1 Å². The van der Waals surface area contributed by atoms with Crippen LogP contribution in [0.25, 0.3) is 10.9 Å². The molecule has 106 valence electrons. The zero-order valence-electron chi connectivity index (χ0n) is 11.9. The highest BCUT2D eigenvalue weighted by Gasteiger charge is 2.14. The first-order chi connectivity index (χ1) is 10.1. The summed E-state index contributed by atoms with van der Waals surface area (Å²) in [4.78, 5) is 12.4. The highest BCUT2D eigenvalue weighted by Crippen LogP contribution is 2.21. The number of halogens is 1. The molecule has 0 aliphatic rings. The van der Waals surface area contributed by atoms with Crippen LogP contribution in [0.3, 0.4) is 0 Å². The van der Waals surface area contributed by atoms with Crippen molar-refractivity contribution in [2.45, 2.75) is 6.92 Å². The minimum atomic E-state index is -0.311. The van der Waals surface area contributed by atoms with Crippen LogP contribution in [-0.2, 0) is 7.05 Å². The fraction of sp³-hybridized carbons (Fsp3) is 0.118. The van der Waals surface area contributed by atoms with Crippen LogP contribution in [-0.4, -0.2) is 10.5 Å². The SMILES string of the molecule is Cc1ccccc1NC(=O)c1cc2ccc(F)cc2n1C. The number of carbonyl (C=O) groups is 1. The van der Waals surface area contributed by atoms with Crippen LogP contribution >= 0.6 is 0 Å². The topological polar surface area (TPSA) is 34.0 Å². The molecule has 0 spiro atoms. The average molecular weight is 282 g/mol. The first-order valence-corrected chi connectivity index (χ1v) is 6.68. The molecule has 0 fully saturated rings. The number of hydrogen-bond acceptors (Lipinski definition) is 1. The minimum absolute atomic E-state index is 0.205. The van der Waals surface area contributed by atoms with Crippen molar-refractivity contribution >= 4 is 22.5 Å². The molecule has 3 rings (SSSR count). The van der Waals surface area contributed by atoms with E-state index in [9.17, 15) is 9.18 Å². The Kier molecular flexibility index (Phi) is 3.22. The van der Waals surface area contributed by atoms with Crippen LogP contribution in [0.15, 0.2) is 48.5 Å². The van der Waals surface area contributed by atoms with E-state index >= 15 is 0 Å². The predicted molar refractivity (Wildman–Crippen MR) is 82.0 cm³/mol. The van der Waals surface area contributed by atoms with E-state index in [0.29, 0.717) is 11.2 Å². The summed E-state index contributed by atoms with van der Waals surface area (Å²) in [6.07, 6.45) is 0. The van der Waals surface area contributed by atoms with Crippen molar-refractivity contribution < 1.29 is 9.18 Å². The van der Waals surface area contributed by atoms with Crippen LogP contribution in [0, 0.1) is 12.7 Å². The lowest BCUT2D eigenvalue weighted by molar-refractivity contribution is 0.101. The number of para-hydroxylation sites is 1. The van der Waals surface area contributed by atoms with E-state index in [1.165, 1.54) is 12.1 Å². The largest absolute Gasteiger partial charge is 0.340 e. The van der Waals surface area contributed by atoms with Gasteiger partial charge in [-0.3, -0.25) is 4.79 Å². The van der Waals surface area contributed by atoms with E-state index in [4.69, 9.17) is 0 Å². The van der Waals surface area contributed by atoms with E-state index in [1.807, 2.05) is 31.2 Å². The van der Waals surface area contributed by atoms with Gasteiger partial charge in [0.25, 0.3) is 5.91 Å². The van der Waals surface area contributed by atoms with Crippen molar-refractivity contribution in [3.63, 3.8) is 0 Å². The molecular weight excluding hydrogens is 267 g/mol. The normalized spacial score (nSPS) is 10.8. The maximum atomic E-state index is 13.3. The van der Waals surface area contributed by atoms with Gasteiger partial charge in [0.1, 0.15) is 11.5 Å². The summed E-state index contributed by atoms with van der Waals surface area (Å²) in [5.41, 5.74) is 2.97. The molecular formula is C17H15FN2O. The monoisotopic (exact) mass is 282 g/mol. The zero-order chi connectivity index (χ0) is 15.0. The number of aromatic nitrogens is 1. The second-order valence-electron chi connectivity index (χ2n) is 5.06. The summed E-state index contributed by atoms with van der Waals surface area (Å²) >= 11 is 0. The van der Waals surface area contributed by atoms with E-state index < -0.39 is 0 Å². The maximum absolute atomic E-state index is 13.3. The van der Waals surface area contributed by atoms with Gasteiger partial charge in [0, 0.05) is 18.1 Å². The van der Waals surface area contributed by atoms with Crippen molar-refractivity contribution in [1.29, 1.82) is 0 Å².